The Kier molecular flexibility index (Phi) is 4.17. The van der Waals surface area contributed by atoms with Gasteiger partial charge in [-0.05, 0) is 36.8 Å². The minimum atomic E-state index is -0.359. The van der Waals surface area contributed by atoms with Crippen LogP contribution in [0.25, 0.3) is 11.0 Å². The summed E-state index contributed by atoms with van der Waals surface area (Å²) in [6.45, 7) is 0. The summed E-state index contributed by atoms with van der Waals surface area (Å²) in [6.07, 6.45) is 1.31. The first kappa shape index (κ1) is 16.1. The van der Waals surface area contributed by atoms with Crippen molar-refractivity contribution >= 4 is 32.9 Å². The normalized spacial score (nSPS) is 16.4. The van der Waals surface area contributed by atoms with Gasteiger partial charge in [-0.1, -0.05) is 34.1 Å². The lowest BCUT2D eigenvalue weighted by atomic mass is 9.93. The van der Waals surface area contributed by atoms with Gasteiger partial charge in [0.25, 0.3) is 0 Å². The molecular weight excluding hydrogens is 384 g/mol. The van der Waals surface area contributed by atoms with E-state index in [2.05, 4.69) is 15.9 Å². The molecule has 1 aromatic heterocycles. The maximum absolute atomic E-state index is 12.8. The Bertz CT molecular complexity index is 1010. The van der Waals surface area contributed by atoms with Crippen molar-refractivity contribution in [3.63, 3.8) is 0 Å². The standard InChI is InChI=1S/C20H15BrO4/c21-13-6-8-17-15(10-13)19(22)16-11-14(7-9-18(16)25-17)24-20(23)12-4-2-1-3-5-12/h1-6,8,10,14H,7,9,11H2. The van der Waals surface area contributed by atoms with E-state index in [9.17, 15) is 9.59 Å². The molecule has 1 aliphatic carbocycles. The second kappa shape index (κ2) is 6.48. The van der Waals surface area contributed by atoms with Crippen molar-refractivity contribution in [2.24, 2.45) is 0 Å². The second-order valence-electron chi connectivity index (χ2n) is 6.11. The van der Waals surface area contributed by atoms with Crippen molar-refractivity contribution in [3.8, 4) is 0 Å². The van der Waals surface area contributed by atoms with Crippen LogP contribution in [-0.2, 0) is 17.6 Å². The van der Waals surface area contributed by atoms with Crippen molar-refractivity contribution in [2.75, 3.05) is 0 Å². The van der Waals surface area contributed by atoms with E-state index in [1.807, 2.05) is 12.1 Å². The van der Waals surface area contributed by atoms with Gasteiger partial charge in [0.05, 0.1) is 10.9 Å². The molecular formula is C20H15BrO4. The molecule has 1 heterocycles. The minimum Gasteiger partial charge on any atom is -0.461 e. The number of aryl methyl sites for hydroxylation is 1. The van der Waals surface area contributed by atoms with E-state index in [1.165, 1.54) is 0 Å². The molecule has 0 N–H and O–H groups in total. The molecule has 0 saturated carbocycles. The summed E-state index contributed by atoms with van der Waals surface area (Å²) >= 11 is 3.38. The number of benzene rings is 2. The van der Waals surface area contributed by atoms with Gasteiger partial charge in [0.1, 0.15) is 17.4 Å². The number of rotatable bonds is 2. The summed E-state index contributed by atoms with van der Waals surface area (Å²) < 4.78 is 12.3. The highest BCUT2D eigenvalue weighted by molar-refractivity contribution is 9.10. The molecule has 0 fully saturated rings. The van der Waals surface area contributed by atoms with Crippen LogP contribution in [0.15, 0.2) is 62.2 Å². The summed E-state index contributed by atoms with van der Waals surface area (Å²) in [4.78, 5) is 25.0. The number of carbonyl (C=O) groups excluding carboxylic acids is 1. The van der Waals surface area contributed by atoms with Crippen molar-refractivity contribution in [3.05, 3.63) is 80.1 Å². The fraction of sp³-hybridized carbons (Fsp3) is 0.200. The fourth-order valence-corrected chi connectivity index (χ4v) is 3.54. The molecule has 0 aliphatic heterocycles. The van der Waals surface area contributed by atoms with Gasteiger partial charge in [-0.25, -0.2) is 4.79 Å². The zero-order valence-electron chi connectivity index (χ0n) is 13.3. The molecule has 5 heteroatoms. The molecule has 1 atom stereocenters. The third kappa shape index (κ3) is 3.12. The lowest BCUT2D eigenvalue weighted by Crippen LogP contribution is -2.29. The van der Waals surface area contributed by atoms with E-state index in [0.29, 0.717) is 47.1 Å². The molecule has 1 unspecified atom stereocenters. The van der Waals surface area contributed by atoms with Crippen molar-refractivity contribution in [1.82, 2.24) is 0 Å². The number of ether oxygens (including phenoxy) is 1. The molecule has 3 aromatic rings. The average Bonchev–Trinajstić information content (AvgIpc) is 2.64. The molecule has 4 nitrogen and oxygen atoms in total. The van der Waals surface area contributed by atoms with Crippen LogP contribution in [0.2, 0.25) is 0 Å². The minimum absolute atomic E-state index is 0.0435. The Morgan fingerprint density at radius 2 is 1.96 bits per heavy atom. The maximum Gasteiger partial charge on any atom is 0.338 e. The molecule has 25 heavy (non-hydrogen) atoms. The fourth-order valence-electron chi connectivity index (χ4n) is 3.18. The Balaban J connectivity index is 1.62. The SMILES string of the molecule is O=C(OC1CCc2oc3ccc(Br)cc3c(=O)c2C1)c1ccccc1. The van der Waals surface area contributed by atoms with Crippen LogP contribution < -0.4 is 5.43 Å². The van der Waals surface area contributed by atoms with Gasteiger partial charge in [0.2, 0.25) is 0 Å². The van der Waals surface area contributed by atoms with Crippen molar-refractivity contribution < 1.29 is 13.9 Å². The van der Waals surface area contributed by atoms with Crippen molar-refractivity contribution in [1.29, 1.82) is 0 Å². The Morgan fingerprint density at radius 3 is 2.76 bits per heavy atom. The number of carbonyl (C=O) groups is 1. The predicted octanol–water partition coefficient (Wildman–Crippen LogP) is 4.27. The lowest BCUT2D eigenvalue weighted by molar-refractivity contribution is 0.0262. The van der Waals surface area contributed by atoms with Gasteiger partial charge in [-0.2, -0.15) is 0 Å². The van der Waals surface area contributed by atoms with E-state index < -0.39 is 0 Å². The Morgan fingerprint density at radius 1 is 1.16 bits per heavy atom. The van der Waals surface area contributed by atoms with Gasteiger partial charge >= 0.3 is 5.97 Å². The average molecular weight is 399 g/mol. The van der Waals surface area contributed by atoms with Crippen LogP contribution in [-0.4, -0.2) is 12.1 Å². The van der Waals surface area contributed by atoms with Crippen LogP contribution in [0.3, 0.4) is 0 Å². The molecule has 4 rings (SSSR count). The van der Waals surface area contributed by atoms with Crippen LogP contribution in [0.1, 0.15) is 28.1 Å². The van der Waals surface area contributed by atoms with E-state index >= 15 is 0 Å². The van der Waals surface area contributed by atoms with E-state index in [0.717, 1.165) is 4.47 Å². The monoisotopic (exact) mass is 398 g/mol. The van der Waals surface area contributed by atoms with Gasteiger partial charge < -0.3 is 9.15 Å². The number of fused-ring (bicyclic) bond motifs is 2. The highest BCUT2D eigenvalue weighted by Gasteiger charge is 2.27. The zero-order chi connectivity index (χ0) is 17.4. The quantitative estimate of drug-likeness (QED) is 0.604. The number of hydrogen-bond acceptors (Lipinski definition) is 4. The van der Waals surface area contributed by atoms with Crippen LogP contribution in [0.4, 0.5) is 0 Å². The van der Waals surface area contributed by atoms with Crippen LogP contribution in [0, 0.1) is 0 Å². The van der Waals surface area contributed by atoms with Gasteiger partial charge in [-0.3, -0.25) is 4.79 Å². The molecule has 0 spiro atoms. The number of halogens is 1. The molecule has 0 bridgehead atoms. The summed E-state index contributed by atoms with van der Waals surface area (Å²) in [5.74, 6) is 0.341. The smallest absolute Gasteiger partial charge is 0.338 e. The van der Waals surface area contributed by atoms with Crippen LogP contribution in [0.5, 0.6) is 0 Å². The first-order chi connectivity index (χ1) is 12.1. The van der Waals surface area contributed by atoms with Gasteiger partial charge in [-0.15, -0.1) is 0 Å². The predicted molar refractivity (Wildman–Crippen MR) is 97.9 cm³/mol. The second-order valence-corrected chi connectivity index (χ2v) is 7.03. The Labute approximate surface area is 152 Å². The van der Waals surface area contributed by atoms with Gasteiger partial charge in [0.15, 0.2) is 5.43 Å². The largest absolute Gasteiger partial charge is 0.461 e. The van der Waals surface area contributed by atoms with Gasteiger partial charge in [0, 0.05) is 22.9 Å². The van der Waals surface area contributed by atoms with Crippen LogP contribution >= 0.6 is 15.9 Å². The summed E-state index contributed by atoms with van der Waals surface area (Å²) in [5, 5.41) is 0.545. The van der Waals surface area contributed by atoms with E-state index in [1.54, 1.807) is 36.4 Å². The number of esters is 1. The lowest BCUT2D eigenvalue weighted by Gasteiger charge is -2.23. The molecule has 2 aromatic carbocycles. The maximum atomic E-state index is 12.8. The molecule has 1 aliphatic rings. The summed E-state index contributed by atoms with van der Waals surface area (Å²) in [5.41, 5.74) is 1.68. The molecule has 0 amide bonds. The molecule has 126 valence electrons. The Hall–Kier alpha value is -2.40. The first-order valence-corrected chi connectivity index (χ1v) is 8.91. The first-order valence-electron chi connectivity index (χ1n) is 8.12. The zero-order valence-corrected chi connectivity index (χ0v) is 14.9. The number of hydrogen-bond donors (Lipinski definition) is 0. The molecule has 0 saturated heterocycles. The summed E-state index contributed by atoms with van der Waals surface area (Å²) in [7, 11) is 0. The van der Waals surface area contributed by atoms with Crippen molar-refractivity contribution in [2.45, 2.75) is 25.4 Å². The van der Waals surface area contributed by atoms with E-state index in [4.69, 9.17) is 9.15 Å². The topological polar surface area (TPSA) is 56.5 Å². The third-order valence-corrected chi connectivity index (χ3v) is 4.93. The van der Waals surface area contributed by atoms with E-state index in [-0.39, 0.29) is 17.5 Å². The highest BCUT2D eigenvalue weighted by atomic mass is 79.9. The summed E-state index contributed by atoms with van der Waals surface area (Å²) in [6, 6.07) is 14.3. The third-order valence-electron chi connectivity index (χ3n) is 4.44. The highest BCUT2D eigenvalue weighted by Crippen LogP contribution is 2.26. The molecule has 0 radical (unpaired) electrons.